The van der Waals surface area contributed by atoms with Gasteiger partial charge in [-0.1, -0.05) is 12.1 Å². The highest BCUT2D eigenvalue weighted by molar-refractivity contribution is 5.94. The summed E-state index contributed by atoms with van der Waals surface area (Å²) in [7, 11) is 1.61. The van der Waals surface area contributed by atoms with Crippen molar-refractivity contribution in [2.24, 2.45) is 0 Å². The molecule has 0 spiro atoms. The van der Waals surface area contributed by atoms with Crippen LogP contribution in [0.3, 0.4) is 0 Å². The van der Waals surface area contributed by atoms with Crippen LogP contribution >= 0.6 is 0 Å². The fraction of sp³-hybridized carbons (Fsp3) is 0.154. The van der Waals surface area contributed by atoms with Crippen LogP contribution in [0.4, 0.5) is 4.39 Å². The van der Waals surface area contributed by atoms with Crippen molar-refractivity contribution in [3.63, 3.8) is 0 Å². The molecule has 3 nitrogen and oxygen atoms in total. The van der Waals surface area contributed by atoms with Crippen LogP contribution in [0.15, 0.2) is 47.1 Å². The highest BCUT2D eigenvalue weighted by Crippen LogP contribution is 2.11. The van der Waals surface area contributed by atoms with E-state index in [4.69, 9.17) is 4.42 Å². The summed E-state index contributed by atoms with van der Waals surface area (Å²) < 4.78 is 18.5. The summed E-state index contributed by atoms with van der Waals surface area (Å²) in [5.74, 6) is -0.208. The molecular weight excluding hydrogens is 221 g/mol. The Balaban J connectivity index is 2.13. The standard InChI is InChI=1S/C13H12FNO2/c1-15(9-10-5-4-8-17-10)13(16)11-6-2-3-7-12(11)14/h2-8H,9H2,1H3. The van der Waals surface area contributed by atoms with Crippen LogP contribution in [0.25, 0.3) is 0 Å². The van der Waals surface area contributed by atoms with Gasteiger partial charge in [-0.3, -0.25) is 4.79 Å². The maximum Gasteiger partial charge on any atom is 0.256 e. The van der Waals surface area contributed by atoms with Crippen molar-refractivity contribution in [2.45, 2.75) is 6.54 Å². The lowest BCUT2D eigenvalue weighted by molar-refractivity contribution is 0.0771. The van der Waals surface area contributed by atoms with Gasteiger partial charge in [0.25, 0.3) is 5.91 Å². The number of amides is 1. The van der Waals surface area contributed by atoms with Gasteiger partial charge in [0.05, 0.1) is 18.4 Å². The first kappa shape index (κ1) is 11.4. The molecule has 1 aromatic heterocycles. The van der Waals surface area contributed by atoms with Gasteiger partial charge in [-0.25, -0.2) is 4.39 Å². The van der Waals surface area contributed by atoms with E-state index in [9.17, 15) is 9.18 Å². The highest BCUT2D eigenvalue weighted by Gasteiger charge is 2.16. The molecule has 0 saturated heterocycles. The molecule has 0 saturated carbocycles. The molecule has 2 aromatic rings. The van der Waals surface area contributed by atoms with E-state index in [1.54, 1.807) is 31.3 Å². The Bertz CT molecular complexity index is 508. The van der Waals surface area contributed by atoms with Gasteiger partial charge in [0.15, 0.2) is 0 Å². The summed E-state index contributed by atoms with van der Waals surface area (Å²) in [5.41, 5.74) is 0.0709. The number of hydrogen-bond donors (Lipinski definition) is 0. The van der Waals surface area contributed by atoms with Gasteiger partial charge in [0, 0.05) is 7.05 Å². The van der Waals surface area contributed by atoms with E-state index in [-0.39, 0.29) is 11.5 Å². The summed E-state index contributed by atoms with van der Waals surface area (Å²) in [6, 6.07) is 9.45. The van der Waals surface area contributed by atoms with Gasteiger partial charge in [0.1, 0.15) is 11.6 Å². The molecule has 4 heteroatoms. The van der Waals surface area contributed by atoms with Crippen LogP contribution in [0.5, 0.6) is 0 Å². The van der Waals surface area contributed by atoms with Gasteiger partial charge in [-0.2, -0.15) is 0 Å². The van der Waals surface area contributed by atoms with Gasteiger partial charge in [0.2, 0.25) is 0 Å². The largest absolute Gasteiger partial charge is 0.467 e. The zero-order valence-corrected chi connectivity index (χ0v) is 9.39. The summed E-state index contributed by atoms with van der Waals surface area (Å²) in [6.45, 7) is 0.320. The van der Waals surface area contributed by atoms with Crippen molar-refractivity contribution >= 4 is 5.91 Å². The molecule has 0 aliphatic heterocycles. The molecule has 0 bridgehead atoms. The molecule has 1 heterocycles. The second kappa shape index (κ2) is 4.82. The maximum absolute atomic E-state index is 13.4. The van der Waals surface area contributed by atoms with Gasteiger partial charge in [-0.15, -0.1) is 0 Å². The topological polar surface area (TPSA) is 33.5 Å². The fourth-order valence-electron chi connectivity index (χ4n) is 1.55. The van der Waals surface area contributed by atoms with E-state index >= 15 is 0 Å². The highest BCUT2D eigenvalue weighted by atomic mass is 19.1. The minimum Gasteiger partial charge on any atom is -0.467 e. The lowest BCUT2D eigenvalue weighted by atomic mass is 10.2. The third-order valence-corrected chi connectivity index (χ3v) is 2.42. The molecule has 0 radical (unpaired) electrons. The predicted octanol–water partition coefficient (Wildman–Crippen LogP) is 2.69. The first-order valence-corrected chi connectivity index (χ1v) is 5.21. The zero-order valence-electron chi connectivity index (χ0n) is 9.39. The van der Waals surface area contributed by atoms with Gasteiger partial charge in [-0.05, 0) is 24.3 Å². The first-order chi connectivity index (χ1) is 8.18. The Kier molecular flexibility index (Phi) is 3.23. The number of rotatable bonds is 3. The minimum atomic E-state index is -0.510. The average molecular weight is 233 g/mol. The average Bonchev–Trinajstić information content (AvgIpc) is 2.81. The van der Waals surface area contributed by atoms with Crippen LogP contribution in [-0.4, -0.2) is 17.9 Å². The minimum absolute atomic E-state index is 0.0709. The normalized spacial score (nSPS) is 10.2. The van der Waals surface area contributed by atoms with Crippen molar-refractivity contribution in [3.8, 4) is 0 Å². The second-order valence-electron chi connectivity index (χ2n) is 3.72. The van der Waals surface area contributed by atoms with E-state index in [1.165, 1.54) is 23.3 Å². The lowest BCUT2D eigenvalue weighted by Gasteiger charge is -2.15. The van der Waals surface area contributed by atoms with E-state index in [1.807, 2.05) is 0 Å². The number of carbonyl (C=O) groups excluding carboxylic acids is 1. The third-order valence-electron chi connectivity index (χ3n) is 2.42. The van der Waals surface area contributed by atoms with Crippen LogP contribution in [0.2, 0.25) is 0 Å². The summed E-state index contributed by atoms with van der Waals surface area (Å²) in [5, 5.41) is 0. The maximum atomic E-state index is 13.4. The molecule has 0 aliphatic carbocycles. The number of carbonyl (C=O) groups is 1. The Hall–Kier alpha value is -2.10. The quantitative estimate of drug-likeness (QED) is 0.816. The third kappa shape index (κ3) is 2.53. The molecule has 0 aliphatic rings. The molecule has 0 N–H and O–H groups in total. The van der Waals surface area contributed by atoms with E-state index in [2.05, 4.69) is 0 Å². The van der Waals surface area contributed by atoms with Crippen molar-refractivity contribution < 1.29 is 13.6 Å². The van der Waals surface area contributed by atoms with Gasteiger partial charge < -0.3 is 9.32 Å². The Morgan fingerprint density at radius 1 is 1.29 bits per heavy atom. The van der Waals surface area contributed by atoms with Crippen molar-refractivity contribution in [1.29, 1.82) is 0 Å². The van der Waals surface area contributed by atoms with Gasteiger partial charge >= 0.3 is 0 Å². The molecule has 1 amide bonds. The molecule has 1 aromatic carbocycles. The van der Waals surface area contributed by atoms with Crippen molar-refractivity contribution in [1.82, 2.24) is 4.90 Å². The Labute approximate surface area is 98.5 Å². The number of furan rings is 1. The molecular formula is C13H12FNO2. The molecule has 0 fully saturated rings. The Morgan fingerprint density at radius 3 is 2.71 bits per heavy atom. The molecule has 0 atom stereocenters. The summed E-state index contributed by atoms with van der Waals surface area (Å²) >= 11 is 0. The van der Waals surface area contributed by atoms with E-state index in [0.29, 0.717) is 12.3 Å². The van der Waals surface area contributed by atoms with E-state index in [0.717, 1.165) is 0 Å². The van der Waals surface area contributed by atoms with Crippen molar-refractivity contribution in [3.05, 3.63) is 59.8 Å². The van der Waals surface area contributed by atoms with Crippen LogP contribution < -0.4 is 0 Å². The number of nitrogens with zero attached hydrogens (tertiary/aromatic N) is 1. The fourth-order valence-corrected chi connectivity index (χ4v) is 1.55. The van der Waals surface area contributed by atoms with Crippen LogP contribution in [-0.2, 0) is 6.54 Å². The Morgan fingerprint density at radius 2 is 2.06 bits per heavy atom. The first-order valence-electron chi connectivity index (χ1n) is 5.21. The van der Waals surface area contributed by atoms with E-state index < -0.39 is 5.82 Å². The lowest BCUT2D eigenvalue weighted by Crippen LogP contribution is -2.26. The van der Waals surface area contributed by atoms with Crippen LogP contribution in [0, 0.1) is 5.82 Å². The smallest absolute Gasteiger partial charge is 0.256 e. The number of halogens is 1. The number of hydrogen-bond acceptors (Lipinski definition) is 2. The monoisotopic (exact) mass is 233 g/mol. The molecule has 88 valence electrons. The summed E-state index contributed by atoms with van der Waals surface area (Å²) in [6.07, 6.45) is 1.54. The zero-order chi connectivity index (χ0) is 12.3. The second-order valence-corrected chi connectivity index (χ2v) is 3.72. The SMILES string of the molecule is CN(Cc1ccco1)C(=O)c1ccccc1F. The molecule has 17 heavy (non-hydrogen) atoms. The molecule has 2 rings (SSSR count). The predicted molar refractivity (Wildman–Crippen MR) is 60.9 cm³/mol. The molecule has 0 unspecified atom stereocenters. The van der Waals surface area contributed by atoms with Crippen molar-refractivity contribution in [2.75, 3.05) is 7.05 Å². The summed E-state index contributed by atoms with van der Waals surface area (Å²) in [4.78, 5) is 13.3. The number of benzene rings is 1. The van der Waals surface area contributed by atoms with Crippen LogP contribution in [0.1, 0.15) is 16.1 Å².